The van der Waals surface area contributed by atoms with Crippen LogP contribution in [0.4, 0.5) is 0 Å². The number of carbonyl (C=O) groups excluding carboxylic acids is 1. The first kappa shape index (κ1) is 21.1. The Kier molecular flexibility index (Phi) is 9.31. The molecule has 0 radical (unpaired) electrons. The van der Waals surface area contributed by atoms with Crippen LogP contribution in [0.15, 0.2) is 0 Å². The van der Waals surface area contributed by atoms with Gasteiger partial charge in [0.15, 0.2) is 18.3 Å². The average molecular weight is 306 g/mol. The summed E-state index contributed by atoms with van der Waals surface area (Å²) in [4.78, 5) is 42.2. The van der Waals surface area contributed by atoms with Crippen molar-refractivity contribution in [3.05, 3.63) is 0 Å². The number of carbonyl (C=O) groups is 4. The molecule has 110 valence electrons. The van der Waals surface area contributed by atoms with Gasteiger partial charge in [0.25, 0.3) is 0 Å². The minimum absolute atomic E-state index is 0. The van der Waals surface area contributed by atoms with Gasteiger partial charge in [0.1, 0.15) is 0 Å². The van der Waals surface area contributed by atoms with E-state index in [0.29, 0.717) is 0 Å². The number of hydrogen-bond acceptors (Lipinski definition) is 8. The minimum atomic E-state index is -2.64. The van der Waals surface area contributed by atoms with Crippen LogP contribution >= 0.6 is 0 Å². The molecule has 6 N–H and O–H groups in total. The number of ether oxygens (including phenoxy) is 1. The van der Waals surface area contributed by atoms with Gasteiger partial charge in [-0.2, -0.15) is 0 Å². The van der Waals surface area contributed by atoms with Crippen LogP contribution in [0.1, 0.15) is 0 Å². The summed E-state index contributed by atoms with van der Waals surface area (Å²) in [6.45, 7) is 0. The molecule has 20 heavy (non-hydrogen) atoms. The molecule has 11 nitrogen and oxygen atoms in total. The molecule has 0 bridgehead atoms. The van der Waals surface area contributed by atoms with E-state index in [-0.39, 0.29) is 29.6 Å². The third kappa shape index (κ3) is 5.81. The number of aliphatic carboxylic acids is 3. The van der Waals surface area contributed by atoms with E-state index in [1.54, 1.807) is 0 Å². The Morgan fingerprint density at radius 1 is 0.700 bits per heavy atom. The van der Waals surface area contributed by atoms with E-state index in [1.807, 2.05) is 0 Å². The number of hydrogen-bond donors (Lipinski definition) is 6. The molecule has 0 aromatic rings. The van der Waals surface area contributed by atoms with Crippen LogP contribution in [0.3, 0.4) is 0 Å². The van der Waals surface area contributed by atoms with E-state index in [1.165, 1.54) is 0 Å². The van der Waals surface area contributed by atoms with E-state index in [9.17, 15) is 19.2 Å². The summed E-state index contributed by atoms with van der Waals surface area (Å²) in [6.07, 6.45) is -10.4. The molecule has 0 aliphatic rings. The second-order valence-electron chi connectivity index (χ2n) is 3.21. The molecule has 4 unspecified atom stereocenters. The molecule has 0 aliphatic heterocycles. The zero-order chi connectivity index (χ0) is 15.3. The predicted octanol–water partition coefficient (Wildman–Crippen LogP) is -4.41. The first-order valence-electron chi connectivity index (χ1n) is 4.52. The Balaban J connectivity index is 0. The molecule has 0 saturated heterocycles. The second kappa shape index (κ2) is 8.84. The summed E-state index contributed by atoms with van der Waals surface area (Å²) >= 11 is 0. The third-order valence-corrected chi connectivity index (χ3v) is 1.82. The van der Waals surface area contributed by atoms with Gasteiger partial charge in [-0.15, -0.1) is 0 Å². The molecule has 0 fully saturated rings. The summed E-state index contributed by atoms with van der Waals surface area (Å²) in [5, 5.41) is 51.8. The Hall–Kier alpha value is -1.24. The number of carboxylic acid groups (broad SMARTS) is 3. The number of aliphatic hydroxyl groups is 3. The Bertz CT molecular complexity index is 394. The average Bonchev–Trinajstić information content (AvgIpc) is 2.31. The summed E-state index contributed by atoms with van der Waals surface area (Å²) in [7, 11) is 0. The van der Waals surface area contributed by atoms with Crippen LogP contribution in [0, 0.1) is 0 Å². The molecule has 0 heterocycles. The van der Waals surface area contributed by atoms with Crippen LogP contribution in [-0.2, 0) is 23.9 Å². The molecular formula is C8H11NaO11. The standard InChI is InChI=1S/C8H10O11.Na.H/c9-1(5(12)13)2(10)8(18)19-4(7(16)17)3(11)6(14)15;;/h1-4,9-11H,(H,12,13)(H,14,15)(H,16,17);;. The van der Waals surface area contributed by atoms with Gasteiger partial charge < -0.3 is 35.4 Å². The van der Waals surface area contributed by atoms with Crippen LogP contribution in [0.5, 0.6) is 0 Å². The Labute approximate surface area is 132 Å². The summed E-state index contributed by atoms with van der Waals surface area (Å²) < 4.78 is 3.93. The third-order valence-electron chi connectivity index (χ3n) is 1.82. The van der Waals surface area contributed by atoms with Crippen molar-refractivity contribution in [1.29, 1.82) is 0 Å². The fourth-order valence-electron chi connectivity index (χ4n) is 0.838. The van der Waals surface area contributed by atoms with Crippen molar-refractivity contribution in [2.75, 3.05) is 0 Å². The second-order valence-corrected chi connectivity index (χ2v) is 3.21. The first-order valence-corrected chi connectivity index (χ1v) is 4.52. The van der Waals surface area contributed by atoms with Crippen molar-refractivity contribution < 1.29 is 54.6 Å². The maximum atomic E-state index is 11.1. The number of carboxylic acids is 3. The monoisotopic (exact) mass is 306 g/mol. The van der Waals surface area contributed by atoms with Crippen LogP contribution in [0.25, 0.3) is 0 Å². The molecule has 0 spiro atoms. The van der Waals surface area contributed by atoms with Crippen molar-refractivity contribution in [2.24, 2.45) is 0 Å². The molecule has 0 aromatic heterocycles. The maximum absolute atomic E-state index is 11.1. The summed E-state index contributed by atoms with van der Waals surface area (Å²) in [5.74, 6) is -7.97. The zero-order valence-corrected chi connectivity index (χ0v) is 9.03. The van der Waals surface area contributed by atoms with E-state index in [4.69, 9.17) is 30.6 Å². The van der Waals surface area contributed by atoms with Crippen molar-refractivity contribution in [3.63, 3.8) is 0 Å². The van der Waals surface area contributed by atoms with Gasteiger partial charge in [0, 0.05) is 0 Å². The Morgan fingerprint density at radius 3 is 1.40 bits per heavy atom. The van der Waals surface area contributed by atoms with Crippen molar-refractivity contribution in [3.8, 4) is 0 Å². The number of aliphatic hydroxyl groups excluding tert-OH is 3. The van der Waals surface area contributed by atoms with Gasteiger partial charge in [-0.25, -0.2) is 19.2 Å². The normalized spacial score (nSPS) is 15.9. The molecule has 4 atom stereocenters. The van der Waals surface area contributed by atoms with E-state index in [0.717, 1.165) is 0 Å². The Morgan fingerprint density at radius 2 is 1.10 bits per heavy atom. The van der Waals surface area contributed by atoms with Gasteiger partial charge in [-0.3, -0.25) is 0 Å². The topological polar surface area (TPSA) is 199 Å². The quantitative estimate of drug-likeness (QED) is 0.196. The first-order chi connectivity index (χ1) is 8.59. The molecule has 0 aliphatic carbocycles. The van der Waals surface area contributed by atoms with Crippen molar-refractivity contribution in [2.45, 2.75) is 24.4 Å². The van der Waals surface area contributed by atoms with E-state index in [2.05, 4.69) is 4.74 Å². The molecular weight excluding hydrogens is 295 g/mol. The van der Waals surface area contributed by atoms with Crippen molar-refractivity contribution >= 4 is 53.4 Å². The molecule has 0 saturated carbocycles. The van der Waals surface area contributed by atoms with Gasteiger partial charge in [0.2, 0.25) is 6.10 Å². The zero-order valence-electron chi connectivity index (χ0n) is 9.03. The molecule has 12 heteroatoms. The number of rotatable bonds is 7. The van der Waals surface area contributed by atoms with Gasteiger partial charge in [-0.05, 0) is 0 Å². The SMILES string of the molecule is O=C(O)C(O)C(O)C(=O)OC(C(=O)O)C(O)C(=O)O.[NaH]. The van der Waals surface area contributed by atoms with Gasteiger partial charge in [-0.1, -0.05) is 0 Å². The fraction of sp³-hybridized carbons (Fsp3) is 0.500. The van der Waals surface area contributed by atoms with E-state index >= 15 is 0 Å². The fourth-order valence-corrected chi connectivity index (χ4v) is 0.838. The molecule has 0 rings (SSSR count). The van der Waals surface area contributed by atoms with Crippen LogP contribution < -0.4 is 0 Å². The summed E-state index contributed by atoms with van der Waals surface area (Å²) in [6, 6.07) is 0. The van der Waals surface area contributed by atoms with E-state index < -0.39 is 48.3 Å². The van der Waals surface area contributed by atoms with Gasteiger partial charge in [0.05, 0.1) is 0 Å². The molecule has 0 amide bonds. The number of esters is 1. The summed E-state index contributed by atoms with van der Waals surface area (Å²) in [5.41, 5.74) is 0. The van der Waals surface area contributed by atoms with Gasteiger partial charge >= 0.3 is 53.4 Å². The van der Waals surface area contributed by atoms with Crippen molar-refractivity contribution in [1.82, 2.24) is 0 Å². The predicted molar refractivity (Wildman–Crippen MR) is 58.0 cm³/mol. The molecule has 0 aromatic carbocycles. The van der Waals surface area contributed by atoms with Crippen LogP contribution in [0.2, 0.25) is 0 Å². The van der Waals surface area contributed by atoms with Crippen LogP contribution in [-0.4, -0.2) is 108 Å².